The van der Waals surface area contributed by atoms with Gasteiger partial charge in [0.15, 0.2) is 0 Å². The zero-order valence-corrected chi connectivity index (χ0v) is 15.1. The van der Waals surface area contributed by atoms with E-state index in [1.807, 2.05) is 24.3 Å². The molecule has 7 heteroatoms. The summed E-state index contributed by atoms with van der Waals surface area (Å²) < 4.78 is 29.5. The van der Waals surface area contributed by atoms with Gasteiger partial charge in [0.25, 0.3) is 0 Å². The van der Waals surface area contributed by atoms with E-state index in [9.17, 15) is 13.2 Å². The van der Waals surface area contributed by atoms with Crippen LogP contribution in [0.25, 0.3) is 0 Å². The van der Waals surface area contributed by atoms with Crippen LogP contribution in [-0.4, -0.2) is 44.6 Å². The van der Waals surface area contributed by atoms with Gasteiger partial charge >= 0.3 is 0 Å². The standard InChI is InChI=1S/C17H26N2O4S/c1-19(24(2,21)22)13-17(20)18-12-14-8-10-16(11-9-14)23-15-6-4-3-5-7-15/h8-11,15H,3-7,12-13H2,1-2H3,(H,18,20). The molecule has 1 saturated carbocycles. The number of carbonyl (C=O) groups is 1. The molecule has 2 rings (SSSR count). The lowest BCUT2D eigenvalue weighted by molar-refractivity contribution is -0.121. The normalized spacial score (nSPS) is 16.1. The lowest BCUT2D eigenvalue weighted by Gasteiger charge is -2.23. The molecule has 0 saturated heterocycles. The summed E-state index contributed by atoms with van der Waals surface area (Å²) in [5.74, 6) is 0.527. The first-order valence-corrected chi connectivity index (χ1v) is 10.1. The predicted molar refractivity (Wildman–Crippen MR) is 93.3 cm³/mol. The van der Waals surface area contributed by atoms with Crippen LogP contribution in [0, 0.1) is 0 Å². The number of sulfonamides is 1. The molecule has 1 aliphatic rings. The smallest absolute Gasteiger partial charge is 0.235 e. The van der Waals surface area contributed by atoms with E-state index < -0.39 is 10.0 Å². The summed E-state index contributed by atoms with van der Waals surface area (Å²) in [7, 11) is -1.96. The molecule has 0 heterocycles. The Bertz CT molecular complexity index is 637. The summed E-state index contributed by atoms with van der Waals surface area (Å²) in [5, 5.41) is 2.72. The quantitative estimate of drug-likeness (QED) is 0.811. The van der Waals surface area contributed by atoms with E-state index in [1.165, 1.54) is 26.3 Å². The second kappa shape index (κ2) is 8.48. The van der Waals surface area contributed by atoms with Crippen LogP contribution in [-0.2, 0) is 21.4 Å². The van der Waals surface area contributed by atoms with E-state index in [1.54, 1.807) is 0 Å². The molecular formula is C17H26N2O4S. The molecule has 134 valence electrons. The van der Waals surface area contributed by atoms with E-state index in [0.29, 0.717) is 12.6 Å². The van der Waals surface area contributed by atoms with Crippen molar-refractivity contribution >= 4 is 15.9 Å². The van der Waals surface area contributed by atoms with Crippen LogP contribution in [0.4, 0.5) is 0 Å². The second-order valence-electron chi connectivity index (χ2n) is 6.32. The summed E-state index contributed by atoms with van der Waals surface area (Å²) in [6.45, 7) is 0.182. The molecule has 1 aromatic rings. The number of hydrogen-bond acceptors (Lipinski definition) is 4. The molecule has 0 spiro atoms. The average molecular weight is 354 g/mol. The molecule has 1 aliphatic carbocycles. The Morgan fingerprint density at radius 2 is 1.83 bits per heavy atom. The molecule has 0 aromatic heterocycles. The van der Waals surface area contributed by atoms with E-state index in [0.717, 1.165) is 34.7 Å². The summed E-state index contributed by atoms with van der Waals surface area (Å²) >= 11 is 0. The first-order chi connectivity index (χ1) is 11.3. The average Bonchev–Trinajstić information content (AvgIpc) is 2.54. The molecular weight excluding hydrogens is 328 g/mol. The zero-order valence-electron chi connectivity index (χ0n) is 14.3. The van der Waals surface area contributed by atoms with Crippen molar-refractivity contribution < 1.29 is 17.9 Å². The summed E-state index contributed by atoms with van der Waals surface area (Å²) in [6, 6.07) is 7.66. The monoisotopic (exact) mass is 354 g/mol. The van der Waals surface area contributed by atoms with Crippen molar-refractivity contribution in [2.24, 2.45) is 0 Å². The lowest BCUT2D eigenvalue weighted by Crippen LogP contribution is -2.37. The lowest BCUT2D eigenvalue weighted by atomic mass is 9.98. The van der Waals surface area contributed by atoms with Gasteiger partial charge in [-0.1, -0.05) is 18.6 Å². The van der Waals surface area contributed by atoms with Crippen LogP contribution < -0.4 is 10.1 Å². The number of rotatable bonds is 7. The van der Waals surface area contributed by atoms with Crippen LogP contribution in [0.5, 0.6) is 5.75 Å². The number of amides is 1. The van der Waals surface area contributed by atoms with Gasteiger partial charge < -0.3 is 10.1 Å². The maximum atomic E-state index is 11.8. The molecule has 1 fully saturated rings. The van der Waals surface area contributed by atoms with Gasteiger partial charge in [-0.2, -0.15) is 4.31 Å². The Balaban J connectivity index is 1.78. The minimum atomic E-state index is -3.34. The SMILES string of the molecule is CN(CC(=O)NCc1ccc(OC2CCCCC2)cc1)S(C)(=O)=O. The Morgan fingerprint density at radius 1 is 1.21 bits per heavy atom. The highest BCUT2D eigenvalue weighted by atomic mass is 32.2. The number of hydrogen-bond donors (Lipinski definition) is 1. The fourth-order valence-electron chi connectivity index (χ4n) is 2.64. The van der Waals surface area contributed by atoms with Crippen molar-refractivity contribution in [2.75, 3.05) is 19.8 Å². The largest absolute Gasteiger partial charge is 0.490 e. The van der Waals surface area contributed by atoms with E-state index in [4.69, 9.17) is 4.74 Å². The molecule has 0 aliphatic heterocycles. The molecule has 0 atom stereocenters. The number of nitrogens with zero attached hydrogens (tertiary/aromatic N) is 1. The van der Waals surface area contributed by atoms with Crippen LogP contribution >= 0.6 is 0 Å². The molecule has 0 bridgehead atoms. The van der Waals surface area contributed by atoms with Crippen molar-refractivity contribution in [1.29, 1.82) is 0 Å². The van der Waals surface area contributed by atoms with E-state index >= 15 is 0 Å². The third-order valence-corrected chi connectivity index (χ3v) is 5.46. The summed E-state index contributed by atoms with van der Waals surface area (Å²) in [5.41, 5.74) is 0.946. The van der Waals surface area contributed by atoms with Crippen LogP contribution in [0.1, 0.15) is 37.7 Å². The van der Waals surface area contributed by atoms with Crippen molar-refractivity contribution in [3.63, 3.8) is 0 Å². The van der Waals surface area contributed by atoms with Gasteiger partial charge in [0.05, 0.1) is 18.9 Å². The Kier molecular flexibility index (Phi) is 6.62. The van der Waals surface area contributed by atoms with Crippen molar-refractivity contribution in [3.05, 3.63) is 29.8 Å². The van der Waals surface area contributed by atoms with Gasteiger partial charge in [-0.05, 0) is 43.4 Å². The fraction of sp³-hybridized carbons (Fsp3) is 0.588. The first-order valence-electron chi connectivity index (χ1n) is 8.28. The zero-order chi connectivity index (χ0) is 17.6. The van der Waals surface area contributed by atoms with Gasteiger partial charge in [0, 0.05) is 13.6 Å². The second-order valence-corrected chi connectivity index (χ2v) is 8.41. The summed E-state index contributed by atoms with van der Waals surface area (Å²) in [6.07, 6.45) is 7.39. The maximum Gasteiger partial charge on any atom is 0.235 e. The minimum absolute atomic E-state index is 0.179. The third-order valence-electron chi connectivity index (χ3n) is 4.20. The maximum absolute atomic E-state index is 11.8. The van der Waals surface area contributed by atoms with Gasteiger partial charge in [-0.15, -0.1) is 0 Å². The van der Waals surface area contributed by atoms with Crippen molar-refractivity contribution in [2.45, 2.75) is 44.8 Å². The number of benzene rings is 1. The Hall–Kier alpha value is -1.60. The highest BCUT2D eigenvalue weighted by Gasteiger charge is 2.16. The third kappa shape index (κ3) is 6.13. The molecule has 1 aromatic carbocycles. The van der Waals surface area contributed by atoms with Crippen molar-refractivity contribution in [1.82, 2.24) is 9.62 Å². The summed E-state index contributed by atoms with van der Waals surface area (Å²) in [4.78, 5) is 11.8. The fourth-order valence-corrected chi connectivity index (χ4v) is 2.99. The molecule has 0 radical (unpaired) electrons. The van der Waals surface area contributed by atoms with Crippen LogP contribution in [0.15, 0.2) is 24.3 Å². The van der Waals surface area contributed by atoms with Gasteiger partial charge in [-0.25, -0.2) is 8.42 Å². The van der Waals surface area contributed by atoms with Crippen LogP contribution in [0.3, 0.4) is 0 Å². The van der Waals surface area contributed by atoms with Crippen molar-refractivity contribution in [3.8, 4) is 5.75 Å². The van der Waals surface area contributed by atoms with Gasteiger partial charge in [0.1, 0.15) is 5.75 Å². The number of carbonyl (C=O) groups excluding carboxylic acids is 1. The van der Waals surface area contributed by atoms with E-state index in [-0.39, 0.29) is 12.5 Å². The molecule has 1 N–H and O–H groups in total. The van der Waals surface area contributed by atoms with Gasteiger partial charge in [-0.3, -0.25) is 4.79 Å². The molecule has 0 unspecified atom stereocenters. The molecule has 6 nitrogen and oxygen atoms in total. The highest BCUT2D eigenvalue weighted by molar-refractivity contribution is 7.88. The minimum Gasteiger partial charge on any atom is -0.490 e. The number of ether oxygens (including phenoxy) is 1. The Labute approximate surface area is 144 Å². The number of likely N-dealkylation sites (N-methyl/N-ethyl adjacent to an activating group) is 1. The predicted octanol–water partition coefficient (Wildman–Crippen LogP) is 1.91. The number of nitrogens with one attached hydrogen (secondary N) is 1. The molecule has 1 amide bonds. The van der Waals surface area contributed by atoms with Crippen LogP contribution in [0.2, 0.25) is 0 Å². The first kappa shape index (κ1) is 18.7. The topological polar surface area (TPSA) is 75.7 Å². The van der Waals surface area contributed by atoms with E-state index in [2.05, 4.69) is 5.32 Å². The Morgan fingerprint density at radius 3 is 2.42 bits per heavy atom. The highest BCUT2D eigenvalue weighted by Crippen LogP contribution is 2.23. The van der Waals surface area contributed by atoms with Gasteiger partial charge in [0.2, 0.25) is 15.9 Å². The molecule has 24 heavy (non-hydrogen) atoms.